The normalized spacial score (nSPS) is 14.3. The van der Waals surface area contributed by atoms with E-state index in [0.717, 1.165) is 23.3 Å². The predicted molar refractivity (Wildman–Crippen MR) is 95.2 cm³/mol. The van der Waals surface area contributed by atoms with Crippen molar-refractivity contribution in [3.63, 3.8) is 0 Å². The number of halogens is 6. The standard InChI is InChI=1S/C19H12F6N2O2S/c1-27(17-13(8-26)11-5-3-10(28)7-15(11)30-17)16(29)12-4-2-9(18(20,21)22)6-14(12)19(23,24)25/h2,4,6H,3,5,7H2,1H3. The molecule has 11 heteroatoms. The molecule has 0 unspecified atom stereocenters. The Balaban J connectivity index is 2.08. The smallest absolute Gasteiger partial charge is 0.302 e. The second kappa shape index (κ2) is 7.43. The molecule has 0 bridgehead atoms. The quantitative estimate of drug-likeness (QED) is 0.611. The van der Waals surface area contributed by atoms with Crippen LogP contribution in [-0.2, 0) is 30.0 Å². The van der Waals surface area contributed by atoms with Crippen molar-refractivity contribution in [2.45, 2.75) is 31.6 Å². The number of Topliss-reactive ketones (excluding diaryl/α,β-unsaturated/α-hetero) is 1. The summed E-state index contributed by atoms with van der Waals surface area (Å²) in [5.74, 6) is -1.27. The first kappa shape index (κ1) is 21.8. The van der Waals surface area contributed by atoms with Gasteiger partial charge in [-0.05, 0) is 30.2 Å². The number of benzene rings is 1. The van der Waals surface area contributed by atoms with Gasteiger partial charge in [-0.3, -0.25) is 9.59 Å². The molecule has 0 radical (unpaired) electrons. The van der Waals surface area contributed by atoms with Gasteiger partial charge >= 0.3 is 12.4 Å². The highest BCUT2D eigenvalue weighted by Gasteiger charge is 2.40. The number of carbonyl (C=O) groups excluding carboxylic acids is 2. The van der Waals surface area contributed by atoms with E-state index in [1.165, 1.54) is 0 Å². The first-order valence-corrected chi connectivity index (χ1v) is 9.29. The molecule has 0 spiro atoms. The van der Waals surface area contributed by atoms with Crippen LogP contribution in [0.4, 0.5) is 31.3 Å². The predicted octanol–water partition coefficient (Wildman–Crippen LogP) is 4.99. The summed E-state index contributed by atoms with van der Waals surface area (Å²) in [6.07, 6.45) is -9.66. The Labute approximate surface area is 170 Å². The molecule has 0 saturated heterocycles. The largest absolute Gasteiger partial charge is 0.417 e. The summed E-state index contributed by atoms with van der Waals surface area (Å²) in [6, 6.07) is 2.69. The number of fused-ring (bicyclic) bond motifs is 1. The number of nitrogens with zero attached hydrogens (tertiary/aromatic N) is 2. The van der Waals surface area contributed by atoms with Crippen LogP contribution in [0.25, 0.3) is 0 Å². The maximum atomic E-state index is 13.4. The van der Waals surface area contributed by atoms with Gasteiger partial charge in [0.05, 0.1) is 22.3 Å². The molecule has 3 rings (SSSR count). The van der Waals surface area contributed by atoms with Crippen LogP contribution in [0, 0.1) is 11.3 Å². The Kier molecular flexibility index (Phi) is 5.41. The van der Waals surface area contributed by atoms with Gasteiger partial charge in [0.25, 0.3) is 5.91 Å². The van der Waals surface area contributed by atoms with Gasteiger partial charge in [0, 0.05) is 24.8 Å². The summed E-state index contributed by atoms with van der Waals surface area (Å²) in [4.78, 5) is 25.8. The van der Waals surface area contributed by atoms with Gasteiger partial charge in [0.1, 0.15) is 16.9 Å². The topological polar surface area (TPSA) is 61.2 Å². The molecule has 0 atom stereocenters. The molecule has 0 fully saturated rings. The Hall–Kier alpha value is -2.87. The van der Waals surface area contributed by atoms with Crippen molar-refractivity contribution in [2.24, 2.45) is 0 Å². The van der Waals surface area contributed by atoms with Gasteiger partial charge in [0.15, 0.2) is 0 Å². The molecule has 2 aromatic rings. The Bertz CT molecular complexity index is 1080. The third-order valence-corrected chi connectivity index (χ3v) is 6.00. The average Bonchev–Trinajstić information content (AvgIpc) is 3.02. The molecule has 1 heterocycles. The molecule has 1 aromatic carbocycles. The second-order valence-corrected chi connectivity index (χ2v) is 7.71. The molecule has 1 aromatic heterocycles. The number of hydrogen-bond donors (Lipinski definition) is 0. The number of nitriles is 1. The number of amides is 1. The minimum atomic E-state index is -5.20. The van der Waals surface area contributed by atoms with Gasteiger partial charge in [0.2, 0.25) is 0 Å². The van der Waals surface area contributed by atoms with Crippen LogP contribution in [0.3, 0.4) is 0 Å². The summed E-state index contributed by atoms with van der Waals surface area (Å²) in [5, 5.41) is 9.52. The zero-order valence-corrected chi connectivity index (χ0v) is 16.1. The van der Waals surface area contributed by atoms with Crippen molar-refractivity contribution < 1.29 is 35.9 Å². The van der Waals surface area contributed by atoms with Crippen LogP contribution in [0.15, 0.2) is 18.2 Å². The summed E-state index contributed by atoms with van der Waals surface area (Å²) in [5.41, 5.74) is -3.57. The van der Waals surface area contributed by atoms with Gasteiger partial charge < -0.3 is 4.90 Å². The number of thiophene rings is 1. The highest BCUT2D eigenvalue weighted by molar-refractivity contribution is 7.17. The van der Waals surface area contributed by atoms with Crippen molar-refractivity contribution in [1.29, 1.82) is 5.26 Å². The van der Waals surface area contributed by atoms with Crippen molar-refractivity contribution in [1.82, 2.24) is 0 Å². The van der Waals surface area contributed by atoms with Gasteiger partial charge in [-0.25, -0.2) is 0 Å². The first-order chi connectivity index (χ1) is 13.8. The number of anilines is 1. The number of ketones is 1. The summed E-state index contributed by atoms with van der Waals surface area (Å²) >= 11 is 0.943. The zero-order valence-electron chi connectivity index (χ0n) is 15.2. The van der Waals surface area contributed by atoms with Crippen molar-refractivity contribution in [2.75, 3.05) is 11.9 Å². The minimum absolute atomic E-state index is 0.0511. The second-order valence-electron chi connectivity index (χ2n) is 6.63. The van der Waals surface area contributed by atoms with E-state index >= 15 is 0 Å². The molecule has 1 aliphatic rings. The van der Waals surface area contributed by atoms with Crippen LogP contribution in [-0.4, -0.2) is 18.7 Å². The Morgan fingerprint density at radius 1 is 1.13 bits per heavy atom. The fourth-order valence-electron chi connectivity index (χ4n) is 3.20. The third kappa shape index (κ3) is 3.92. The summed E-state index contributed by atoms with van der Waals surface area (Å²) in [6.45, 7) is 0. The molecule has 1 amide bonds. The van der Waals surface area contributed by atoms with E-state index < -0.39 is 35.0 Å². The summed E-state index contributed by atoms with van der Waals surface area (Å²) in [7, 11) is 1.14. The van der Waals surface area contributed by atoms with Crippen LogP contribution < -0.4 is 4.90 Å². The first-order valence-electron chi connectivity index (χ1n) is 8.47. The minimum Gasteiger partial charge on any atom is -0.302 e. The Morgan fingerprint density at radius 3 is 2.37 bits per heavy atom. The number of alkyl halides is 6. The molecule has 4 nitrogen and oxygen atoms in total. The van der Waals surface area contributed by atoms with E-state index in [1.807, 2.05) is 6.07 Å². The van der Waals surface area contributed by atoms with E-state index in [1.54, 1.807) is 0 Å². The van der Waals surface area contributed by atoms with Crippen LogP contribution >= 0.6 is 11.3 Å². The lowest BCUT2D eigenvalue weighted by atomic mass is 9.95. The fraction of sp³-hybridized carbons (Fsp3) is 0.316. The van der Waals surface area contributed by atoms with Crippen molar-refractivity contribution >= 4 is 28.0 Å². The van der Waals surface area contributed by atoms with Gasteiger partial charge in [-0.2, -0.15) is 31.6 Å². The van der Waals surface area contributed by atoms with Crippen molar-refractivity contribution in [3.05, 3.63) is 50.9 Å². The maximum absolute atomic E-state index is 13.4. The average molecular weight is 446 g/mol. The lowest BCUT2D eigenvalue weighted by Crippen LogP contribution is -2.29. The molecule has 30 heavy (non-hydrogen) atoms. The van der Waals surface area contributed by atoms with Gasteiger partial charge in [-0.15, -0.1) is 11.3 Å². The molecule has 1 aliphatic carbocycles. The van der Waals surface area contributed by atoms with E-state index in [9.17, 15) is 41.2 Å². The van der Waals surface area contributed by atoms with E-state index in [-0.39, 0.29) is 41.7 Å². The highest BCUT2D eigenvalue weighted by Crippen LogP contribution is 2.41. The lowest BCUT2D eigenvalue weighted by molar-refractivity contribution is -0.143. The lowest BCUT2D eigenvalue weighted by Gasteiger charge is -2.20. The molecule has 0 aliphatic heterocycles. The molecule has 0 N–H and O–H groups in total. The van der Waals surface area contributed by atoms with E-state index in [0.29, 0.717) is 22.6 Å². The number of carbonyl (C=O) groups is 2. The zero-order chi connectivity index (χ0) is 22.4. The van der Waals surface area contributed by atoms with E-state index in [2.05, 4.69) is 0 Å². The molecule has 158 valence electrons. The van der Waals surface area contributed by atoms with Crippen LogP contribution in [0.2, 0.25) is 0 Å². The molecular weight excluding hydrogens is 434 g/mol. The third-order valence-electron chi connectivity index (χ3n) is 4.69. The SMILES string of the molecule is CN(C(=O)c1ccc(C(F)(F)F)cc1C(F)(F)F)c1sc2c(c1C#N)CCC(=O)C2. The highest BCUT2D eigenvalue weighted by atomic mass is 32.1. The van der Waals surface area contributed by atoms with Crippen molar-refractivity contribution in [3.8, 4) is 6.07 Å². The Morgan fingerprint density at radius 2 is 1.80 bits per heavy atom. The maximum Gasteiger partial charge on any atom is 0.417 e. The monoisotopic (exact) mass is 446 g/mol. The number of hydrogen-bond acceptors (Lipinski definition) is 4. The molecule has 0 saturated carbocycles. The number of rotatable bonds is 2. The summed E-state index contributed by atoms with van der Waals surface area (Å²) < 4.78 is 78.7. The fourth-order valence-corrected chi connectivity index (χ4v) is 4.49. The van der Waals surface area contributed by atoms with Crippen LogP contribution in [0.5, 0.6) is 0 Å². The molecular formula is C19H12F6N2O2S. The van der Waals surface area contributed by atoms with Gasteiger partial charge in [-0.1, -0.05) is 0 Å². The van der Waals surface area contributed by atoms with Crippen LogP contribution in [0.1, 0.15) is 43.9 Å². The van der Waals surface area contributed by atoms with E-state index in [4.69, 9.17) is 0 Å².